The van der Waals surface area contributed by atoms with Gasteiger partial charge in [0.15, 0.2) is 0 Å². The van der Waals surface area contributed by atoms with Crippen molar-refractivity contribution >= 4 is 21.6 Å². The molecule has 0 radical (unpaired) electrons. The fourth-order valence-electron chi connectivity index (χ4n) is 5.33. The van der Waals surface area contributed by atoms with Crippen LogP contribution in [0.5, 0.6) is 5.75 Å². The first-order chi connectivity index (χ1) is 9.66. The van der Waals surface area contributed by atoms with Gasteiger partial charge in [-0.1, -0.05) is 15.9 Å². The molecule has 4 saturated carbocycles. The molecule has 0 aliphatic heterocycles. The summed E-state index contributed by atoms with van der Waals surface area (Å²) in [6.07, 6.45) is 8.52. The molecule has 3 heteroatoms. The Kier molecular flexibility index (Phi) is 3.03. The minimum atomic E-state index is 0.336. The van der Waals surface area contributed by atoms with Gasteiger partial charge < -0.3 is 10.1 Å². The molecule has 4 fully saturated rings. The summed E-state index contributed by atoms with van der Waals surface area (Å²) in [5.41, 5.74) is 1.49. The molecule has 4 aliphatic rings. The SMILES string of the molecule is COc1ccc(Br)cc1NC12CC3CC(CC(C3)C1)C2. The van der Waals surface area contributed by atoms with Crippen LogP contribution in [0.4, 0.5) is 5.69 Å². The molecule has 2 nitrogen and oxygen atoms in total. The zero-order valence-corrected chi connectivity index (χ0v) is 13.6. The predicted molar refractivity (Wildman–Crippen MR) is 85.2 cm³/mol. The molecule has 4 aliphatic carbocycles. The van der Waals surface area contributed by atoms with Gasteiger partial charge in [-0.2, -0.15) is 0 Å². The second-order valence-corrected chi connectivity index (χ2v) is 8.08. The highest BCUT2D eigenvalue weighted by molar-refractivity contribution is 9.10. The van der Waals surface area contributed by atoms with Crippen molar-refractivity contribution < 1.29 is 4.74 Å². The fraction of sp³-hybridized carbons (Fsp3) is 0.647. The Morgan fingerprint density at radius 3 is 2.25 bits per heavy atom. The molecular weight excluding hydrogens is 314 g/mol. The number of hydrogen-bond acceptors (Lipinski definition) is 2. The van der Waals surface area contributed by atoms with Crippen molar-refractivity contribution in [3.63, 3.8) is 0 Å². The highest BCUT2D eigenvalue weighted by atomic mass is 79.9. The minimum Gasteiger partial charge on any atom is -0.495 e. The van der Waals surface area contributed by atoms with Crippen LogP contribution in [0.1, 0.15) is 38.5 Å². The smallest absolute Gasteiger partial charge is 0.142 e. The number of ether oxygens (including phenoxy) is 1. The average molecular weight is 336 g/mol. The van der Waals surface area contributed by atoms with E-state index in [1.807, 2.05) is 12.1 Å². The van der Waals surface area contributed by atoms with Gasteiger partial charge >= 0.3 is 0 Å². The van der Waals surface area contributed by atoms with E-state index in [9.17, 15) is 0 Å². The summed E-state index contributed by atoms with van der Waals surface area (Å²) in [6, 6.07) is 6.26. The van der Waals surface area contributed by atoms with Crippen LogP contribution >= 0.6 is 15.9 Å². The van der Waals surface area contributed by atoms with Gasteiger partial charge in [0, 0.05) is 10.0 Å². The summed E-state index contributed by atoms with van der Waals surface area (Å²) >= 11 is 3.58. The molecule has 0 heterocycles. The number of hydrogen-bond donors (Lipinski definition) is 1. The van der Waals surface area contributed by atoms with E-state index < -0.39 is 0 Å². The molecule has 1 aromatic carbocycles. The molecule has 0 aromatic heterocycles. The maximum Gasteiger partial charge on any atom is 0.142 e. The quantitative estimate of drug-likeness (QED) is 0.853. The lowest BCUT2D eigenvalue weighted by molar-refractivity contribution is 0.0106. The summed E-state index contributed by atoms with van der Waals surface area (Å²) < 4.78 is 6.65. The van der Waals surface area contributed by atoms with Crippen LogP contribution in [-0.2, 0) is 0 Å². The normalized spacial score (nSPS) is 38.0. The standard InChI is InChI=1S/C17H22BrNO/c1-20-16-3-2-14(18)7-15(16)19-17-8-11-4-12(9-17)6-13(5-11)10-17/h2-3,7,11-13,19H,4-6,8-10H2,1H3. The third-order valence-electron chi connectivity index (χ3n) is 5.60. The highest BCUT2D eigenvalue weighted by Crippen LogP contribution is 2.57. The van der Waals surface area contributed by atoms with Gasteiger partial charge in [-0.15, -0.1) is 0 Å². The summed E-state index contributed by atoms with van der Waals surface area (Å²) in [7, 11) is 1.76. The first-order valence-electron chi connectivity index (χ1n) is 7.77. The Balaban J connectivity index is 1.64. The van der Waals surface area contributed by atoms with Gasteiger partial charge in [0.2, 0.25) is 0 Å². The zero-order valence-electron chi connectivity index (χ0n) is 12.0. The fourth-order valence-corrected chi connectivity index (χ4v) is 5.69. The molecule has 5 rings (SSSR count). The molecule has 0 amide bonds. The van der Waals surface area contributed by atoms with Gasteiger partial charge in [0.05, 0.1) is 12.8 Å². The number of rotatable bonds is 3. The monoisotopic (exact) mass is 335 g/mol. The molecule has 1 N–H and O–H groups in total. The van der Waals surface area contributed by atoms with Gasteiger partial charge in [0.1, 0.15) is 5.75 Å². The summed E-state index contributed by atoms with van der Waals surface area (Å²) in [6.45, 7) is 0. The second kappa shape index (κ2) is 4.66. The Bertz CT molecular complexity index is 492. The summed E-state index contributed by atoms with van der Waals surface area (Å²) in [5, 5.41) is 3.89. The molecule has 1 aromatic rings. The molecule has 0 spiro atoms. The van der Waals surface area contributed by atoms with E-state index in [1.165, 1.54) is 38.5 Å². The van der Waals surface area contributed by atoms with Gasteiger partial charge in [-0.05, 0) is 74.5 Å². The van der Waals surface area contributed by atoms with Crippen LogP contribution in [0.3, 0.4) is 0 Å². The van der Waals surface area contributed by atoms with Gasteiger partial charge in [-0.3, -0.25) is 0 Å². The molecule has 0 unspecified atom stereocenters. The number of nitrogens with one attached hydrogen (secondary N) is 1. The lowest BCUT2D eigenvalue weighted by Gasteiger charge is -2.57. The predicted octanol–water partition coefficient (Wildman–Crippen LogP) is 4.84. The Labute approximate surface area is 129 Å². The lowest BCUT2D eigenvalue weighted by atomic mass is 9.53. The molecule has 20 heavy (non-hydrogen) atoms. The number of methoxy groups -OCH3 is 1. The third kappa shape index (κ3) is 2.14. The molecular formula is C17H22BrNO. The molecule has 0 saturated heterocycles. The maximum absolute atomic E-state index is 5.53. The zero-order chi connectivity index (χ0) is 13.7. The summed E-state index contributed by atoms with van der Waals surface area (Å²) in [4.78, 5) is 0. The van der Waals surface area contributed by atoms with E-state index in [0.29, 0.717) is 5.54 Å². The van der Waals surface area contributed by atoms with Crippen LogP contribution in [0.2, 0.25) is 0 Å². The van der Waals surface area contributed by atoms with Crippen molar-refractivity contribution in [3.05, 3.63) is 22.7 Å². The maximum atomic E-state index is 5.53. The van der Waals surface area contributed by atoms with Crippen molar-refractivity contribution in [2.24, 2.45) is 17.8 Å². The number of benzene rings is 1. The van der Waals surface area contributed by atoms with Crippen molar-refractivity contribution in [2.75, 3.05) is 12.4 Å². The van der Waals surface area contributed by atoms with Gasteiger partial charge in [-0.25, -0.2) is 0 Å². The van der Waals surface area contributed by atoms with E-state index in [0.717, 1.165) is 33.7 Å². The average Bonchev–Trinajstić information content (AvgIpc) is 2.36. The van der Waals surface area contributed by atoms with E-state index in [4.69, 9.17) is 4.74 Å². The van der Waals surface area contributed by atoms with Crippen LogP contribution in [0.15, 0.2) is 22.7 Å². The van der Waals surface area contributed by atoms with Crippen molar-refractivity contribution in [2.45, 2.75) is 44.1 Å². The Hall–Kier alpha value is -0.700. The van der Waals surface area contributed by atoms with E-state index in [-0.39, 0.29) is 0 Å². The van der Waals surface area contributed by atoms with Crippen molar-refractivity contribution in [1.82, 2.24) is 0 Å². The lowest BCUT2D eigenvalue weighted by Crippen LogP contribution is -2.54. The van der Waals surface area contributed by atoms with Crippen LogP contribution < -0.4 is 10.1 Å². The van der Waals surface area contributed by atoms with Crippen LogP contribution in [0, 0.1) is 17.8 Å². The second-order valence-electron chi connectivity index (χ2n) is 7.17. The van der Waals surface area contributed by atoms with Gasteiger partial charge in [0.25, 0.3) is 0 Å². The first-order valence-corrected chi connectivity index (χ1v) is 8.57. The third-order valence-corrected chi connectivity index (χ3v) is 6.09. The first kappa shape index (κ1) is 13.0. The topological polar surface area (TPSA) is 21.3 Å². The summed E-state index contributed by atoms with van der Waals surface area (Å²) in [5.74, 6) is 3.86. The van der Waals surface area contributed by atoms with E-state index >= 15 is 0 Å². The van der Waals surface area contributed by atoms with E-state index in [2.05, 4.69) is 27.3 Å². The number of halogens is 1. The molecule has 4 bridgehead atoms. The molecule has 0 atom stereocenters. The largest absolute Gasteiger partial charge is 0.495 e. The number of anilines is 1. The van der Waals surface area contributed by atoms with Crippen molar-refractivity contribution in [3.8, 4) is 5.75 Å². The minimum absolute atomic E-state index is 0.336. The van der Waals surface area contributed by atoms with Crippen LogP contribution in [-0.4, -0.2) is 12.6 Å². The van der Waals surface area contributed by atoms with Crippen molar-refractivity contribution in [1.29, 1.82) is 0 Å². The Morgan fingerprint density at radius 1 is 1.10 bits per heavy atom. The highest BCUT2D eigenvalue weighted by Gasteiger charge is 2.51. The molecule has 108 valence electrons. The van der Waals surface area contributed by atoms with Crippen LogP contribution in [0.25, 0.3) is 0 Å². The Morgan fingerprint density at radius 2 is 1.70 bits per heavy atom. The van der Waals surface area contributed by atoms with E-state index in [1.54, 1.807) is 7.11 Å².